The van der Waals surface area contributed by atoms with Crippen molar-refractivity contribution in [2.24, 2.45) is 0 Å². The zero-order chi connectivity index (χ0) is 22.2. The lowest BCUT2D eigenvalue weighted by molar-refractivity contribution is 0.208. The van der Waals surface area contributed by atoms with Gasteiger partial charge in [-0.2, -0.15) is 14.6 Å². The molecule has 3 heterocycles. The van der Waals surface area contributed by atoms with Gasteiger partial charge in [-0.15, -0.1) is 0 Å². The van der Waals surface area contributed by atoms with Gasteiger partial charge in [0.2, 0.25) is 0 Å². The van der Waals surface area contributed by atoms with Crippen molar-refractivity contribution in [3.05, 3.63) is 81.7 Å². The molecule has 2 aromatic heterocycles. The molecule has 2 aromatic carbocycles. The zero-order valence-electron chi connectivity index (χ0n) is 17.5. The van der Waals surface area contributed by atoms with Crippen LogP contribution in [0.4, 0.5) is 5.82 Å². The first-order chi connectivity index (χ1) is 15.5. The molecule has 164 valence electrons. The predicted octanol–water partition coefficient (Wildman–Crippen LogP) is 4.36. The fourth-order valence-electron chi connectivity index (χ4n) is 4.33. The highest BCUT2D eigenvalue weighted by atomic mass is 35.5. The van der Waals surface area contributed by atoms with Crippen LogP contribution in [0.2, 0.25) is 10.0 Å². The molecule has 0 aliphatic carbocycles. The van der Waals surface area contributed by atoms with Gasteiger partial charge < -0.3 is 10.0 Å². The van der Waals surface area contributed by atoms with Gasteiger partial charge in [-0.05, 0) is 30.7 Å². The lowest BCUT2D eigenvalue weighted by Crippen LogP contribution is -2.48. The van der Waals surface area contributed by atoms with Crippen molar-refractivity contribution >= 4 is 34.8 Å². The van der Waals surface area contributed by atoms with Gasteiger partial charge in [0, 0.05) is 43.5 Å². The molecule has 9 heteroatoms. The Morgan fingerprint density at radius 2 is 1.75 bits per heavy atom. The number of phenolic OH excluding ortho intramolecular Hbond substituents is 1. The number of aromatic nitrogens is 4. The Hall–Kier alpha value is -2.87. The third kappa shape index (κ3) is 3.88. The number of rotatable bonds is 4. The molecule has 1 saturated heterocycles. The van der Waals surface area contributed by atoms with E-state index in [4.69, 9.17) is 23.2 Å². The summed E-state index contributed by atoms with van der Waals surface area (Å²) >= 11 is 12.5. The van der Waals surface area contributed by atoms with Crippen molar-refractivity contribution in [1.82, 2.24) is 24.5 Å². The molecular weight excluding hydrogens is 447 g/mol. The largest absolute Gasteiger partial charge is 0.508 e. The van der Waals surface area contributed by atoms with Gasteiger partial charge in [0.15, 0.2) is 0 Å². The van der Waals surface area contributed by atoms with E-state index in [2.05, 4.69) is 24.9 Å². The molecule has 5 rings (SSSR count). The van der Waals surface area contributed by atoms with Crippen molar-refractivity contribution < 1.29 is 5.11 Å². The Balaban J connectivity index is 1.46. The molecule has 1 atom stereocenters. The minimum absolute atomic E-state index is 0.140. The summed E-state index contributed by atoms with van der Waals surface area (Å²) in [5.41, 5.74) is 2.75. The molecule has 1 aliphatic heterocycles. The lowest BCUT2D eigenvalue weighted by atomic mass is 9.95. The van der Waals surface area contributed by atoms with Gasteiger partial charge in [0.05, 0.1) is 16.1 Å². The van der Waals surface area contributed by atoms with Crippen LogP contribution in [0.5, 0.6) is 5.75 Å². The molecule has 0 saturated carbocycles. The molecule has 4 aromatic rings. The van der Waals surface area contributed by atoms with Crippen molar-refractivity contribution in [3.63, 3.8) is 0 Å². The van der Waals surface area contributed by atoms with Gasteiger partial charge in [-0.25, -0.2) is 4.98 Å². The van der Waals surface area contributed by atoms with E-state index in [-0.39, 0.29) is 11.8 Å². The normalized spacial score (nSPS) is 15.9. The van der Waals surface area contributed by atoms with E-state index in [1.165, 1.54) is 6.33 Å². The van der Waals surface area contributed by atoms with Gasteiger partial charge in [-0.3, -0.25) is 4.90 Å². The third-order valence-electron chi connectivity index (χ3n) is 5.86. The molecule has 1 unspecified atom stereocenters. The smallest absolute Gasteiger partial charge is 0.254 e. The third-order valence-corrected chi connectivity index (χ3v) is 6.59. The number of para-hydroxylation sites is 1. The Morgan fingerprint density at radius 1 is 0.969 bits per heavy atom. The number of aryl methyl sites for hydroxylation is 1. The first-order valence-electron chi connectivity index (χ1n) is 10.4. The molecule has 1 fully saturated rings. The van der Waals surface area contributed by atoms with Crippen LogP contribution in [0.25, 0.3) is 5.78 Å². The number of hydrogen-bond acceptors (Lipinski definition) is 6. The Bertz CT molecular complexity index is 1270. The molecule has 7 nitrogen and oxygen atoms in total. The summed E-state index contributed by atoms with van der Waals surface area (Å²) in [7, 11) is 0. The van der Waals surface area contributed by atoms with Crippen LogP contribution in [0.15, 0.2) is 54.9 Å². The number of nitrogens with zero attached hydrogens (tertiary/aromatic N) is 6. The van der Waals surface area contributed by atoms with E-state index >= 15 is 0 Å². The maximum absolute atomic E-state index is 10.6. The summed E-state index contributed by atoms with van der Waals surface area (Å²) in [5, 5.41) is 16.0. The van der Waals surface area contributed by atoms with Crippen LogP contribution in [0, 0.1) is 6.92 Å². The maximum atomic E-state index is 10.6. The minimum Gasteiger partial charge on any atom is -0.508 e. The Labute approximate surface area is 195 Å². The quantitative estimate of drug-likeness (QED) is 0.479. The van der Waals surface area contributed by atoms with Crippen molar-refractivity contribution in [2.75, 3.05) is 31.1 Å². The zero-order valence-corrected chi connectivity index (χ0v) is 19.0. The van der Waals surface area contributed by atoms with Gasteiger partial charge in [0.25, 0.3) is 5.78 Å². The highest BCUT2D eigenvalue weighted by Gasteiger charge is 2.29. The van der Waals surface area contributed by atoms with Crippen LogP contribution in [0.3, 0.4) is 0 Å². The maximum Gasteiger partial charge on any atom is 0.254 e. The van der Waals surface area contributed by atoms with E-state index in [0.717, 1.165) is 48.8 Å². The molecule has 0 bridgehead atoms. The number of aromatic hydroxyl groups is 1. The molecule has 1 N–H and O–H groups in total. The van der Waals surface area contributed by atoms with Gasteiger partial charge >= 0.3 is 0 Å². The summed E-state index contributed by atoms with van der Waals surface area (Å²) in [4.78, 5) is 13.3. The van der Waals surface area contributed by atoms with Crippen molar-refractivity contribution in [2.45, 2.75) is 13.0 Å². The summed E-state index contributed by atoms with van der Waals surface area (Å²) < 4.78 is 1.78. The SMILES string of the molecule is Cc1cc(N2CCN(C(c3ccc(Cl)c(Cl)c3)c3ccccc3O)CC2)n2ncnc2n1. The fraction of sp³-hybridized carbons (Fsp3) is 0.261. The van der Waals surface area contributed by atoms with Gasteiger partial charge in [0.1, 0.15) is 17.9 Å². The van der Waals surface area contributed by atoms with E-state index in [1.807, 2.05) is 49.4 Å². The number of fused-ring (bicyclic) bond motifs is 1. The second-order valence-corrected chi connectivity index (χ2v) is 8.70. The first kappa shape index (κ1) is 21.0. The second kappa shape index (κ2) is 8.58. The highest BCUT2D eigenvalue weighted by molar-refractivity contribution is 6.42. The molecular formula is C23H22Cl2N6O. The van der Waals surface area contributed by atoms with E-state index in [0.29, 0.717) is 15.8 Å². The standard InChI is InChI=1S/C23H22Cl2N6O/c1-15-12-21(31-23(28-15)26-14-27-31)29-8-10-30(11-9-29)22(17-4-2-3-5-20(17)32)16-6-7-18(24)19(25)13-16/h2-7,12-14,22,32H,8-11H2,1H3. The monoisotopic (exact) mass is 468 g/mol. The topological polar surface area (TPSA) is 69.8 Å². The number of anilines is 1. The van der Waals surface area contributed by atoms with Crippen LogP contribution < -0.4 is 4.90 Å². The second-order valence-electron chi connectivity index (χ2n) is 7.89. The molecule has 0 radical (unpaired) electrons. The molecule has 0 amide bonds. The minimum atomic E-state index is -0.140. The number of benzene rings is 2. The number of halogens is 2. The predicted molar refractivity (Wildman–Crippen MR) is 126 cm³/mol. The summed E-state index contributed by atoms with van der Waals surface area (Å²) in [6, 6.07) is 15.0. The molecule has 1 aliphatic rings. The van der Waals surface area contributed by atoms with Crippen molar-refractivity contribution in [1.29, 1.82) is 0 Å². The average Bonchev–Trinajstić information content (AvgIpc) is 3.26. The summed E-state index contributed by atoms with van der Waals surface area (Å²) in [6.45, 7) is 5.13. The molecule has 0 spiro atoms. The number of phenols is 1. The van der Waals surface area contributed by atoms with Crippen LogP contribution in [-0.2, 0) is 0 Å². The summed E-state index contributed by atoms with van der Waals surface area (Å²) in [5.74, 6) is 1.85. The van der Waals surface area contributed by atoms with Crippen molar-refractivity contribution in [3.8, 4) is 5.75 Å². The van der Waals surface area contributed by atoms with E-state index < -0.39 is 0 Å². The Kier molecular flexibility index (Phi) is 5.63. The van der Waals surface area contributed by atoms with Crippen LogP contribution >= 0.6 is 23.2 Å². The number of piperazine rings is 1. The van der Waals surface area contributed by atoms with E-state index in [9.17, 15) is 5.11 Å². The first-order valence-corrected chi connectivity index (χ1v) is 11.2. The summed E-state index contributed by atoms with van der Waals surface area (Å²) in [6.07, 6.45) is 1.53. The Morgan fingerprint density at radius 3 is 2.50 bits per heavy atom. The van der Waals surface area contributed by atoms with Crippen LogP contribution in [-0.4, -0.2) is 55.8 Å². The van der Waals surface area contributed by atoms with E-state index in [1.54, 1.807) is 10.6 Å². The van der Waals surface area contributed by atoms with Crippen LogP contribution in [0.1, 0.15) is 22.9 Å². The van der Waals surface area contributed by atoms with Gasteiger partial charge in [-0.1, -0.05) is 47.5 Å². The molecule has 32 heavy (non-hydrogen) atoms. The lowest BCUT2D eigenvalue weighted by Gasteiger charge is -2.40. The average molecular weight is 469 g/mol. The number of hydrogen-bond donors (Lipinski definition) is 1. The highest BCUT2D eigenvalue weighted by Crippen LogP contribution is 2.37. The fourth-order valence-corrected chi connectivity index (χ4v) is 4.64.